The number of halogens is 6. The van der Waals surface area contributed by atoms with E-state index in [0.29, 0.717) is 0 Å². The van der Waals surface area contributed by atoms with Gasteiger partial charge >= 0.3 is 12.3 Å². The lowest BCUT2D eigenvalue weighted by Crippen LogP contribution is -2.35. The molecule has 0 amide bonds. The van der Waals surface area contributed by atoms with Gasteiger partial charge in [0.25, 0.3) is 5.92 Å². The van der Waals surface area contributed by atoms with Crippen LogP contribution in [-0.4, -0.2) is 29.1 Å². The van der Waals surface area contributed by atoms with Crippen LogP contribution < -0.4 is 0 Å². The molecule has 0 unspecified atom stereocenters. The molecular formula is C9H12F6OS. The Morgan fingerprint density at radius 2 is 1.76 bits per heavy atom. The van der Waals surface area contributed by atoms with Gasteiger partial charge in [-0.15, -0.1) is 0 Å². The van der Waals surface area contributed by atoms with Gasteiger partial charge in [-0.2, -0.15) is 0 Å². The SMILES string of the molecule is CC(=O)SCCCC(F)(F)CC(F)(F)C(F)F. The molecule has 0 heterocycles. The van der Waals surface area contributed by atoms with Crippen molar-refractivity contribution in [3.8, 4) is 0 Å². The van der Waals surface area contributed by atoms with E-state index in [1.54, 1.807) is 0 Å². The van der Waals surface area contributed by atoms with Crippen LogP contribution in [-0.2, 0) is 4.79 Å². The molecule has 0 aromatic heterocycles. The van der Waals surface area contributed by atoms with Crippen LogP contribution in [0.15, 0.2) is 0 Å². The summed E-state index contributed by atoms with van der Waals surface area (Å²) in [7, 11) is 0. The fraction of sp³-hybridized carbons (Fsp3) is 0.889. The van der Waals surface area contributed by atoms with Crippen LogP contribution in [0.4, 0.5) is 26.3 Å². The van der Waals surface area contributed by atoms with Gasteiger partial charge in [0, 0.05) is 19.1 Å². The van der Waals surface area contributed by atoms with Crippen molar-refractivity contribution in [2.75, 3.05) is 5.75 Å². The molecule has 1 nitrogen and oxygen atoms in total. The summed E-state index contributed by atoms with van der Waals surface area (Å²) in [5.74, 6) is -8.47. The zero-order valence-corrected chi connectivity index (χ0v) is 9.81. The third kappa shape index (κ3) is 7.51. The van der Waals surface area contributed by atoms with Crippen LogP contribution in [0.2, 0.25) is 0 Å². The Balaban J connectivity index is 4.07. The highest BCUT2D eigenvalue weighted by molar-refractivity contribution is 8.13. The minimum Gasteiger partial charge on any atom is -0.288 e. The minimum absolute atomic E-state index is 0.0607. The smallest absolute Gasteiger partial charge is 0.288 e. The van der Waals surface area contributed by atoms with Gasteiger partial charge in [0.05, 0.1) is 6.42 Å². The molecule has 0 aromatic carbocycles. The summed E-state index contributed by atoms with van der Waals surface area (Å²) in [5, 5.41) is -0.272. The number of alkyl halides is 6. The molecule has 0 rings (SSSR count). The van der Waals surface area contributed by atoms with Crippen molar-refractivity contribution in [1.82, 2.24) is 0 Å². The Hall–Kier alpha value is -0.400. The molecule has 0 saturated heterocycles. The predicted octanol–water partition coefficient (Wildman–Crippen LogP) is 3.97. The Kier molecular flexibility index (Phi) is 6.36. The van der Waals surface area contributed by atoms with Crippen molar-refractivity contribution in [2.24, 2.45) is 0 Å². The summed E-state index contributed by atoms with van der Waals surface area (Å²) in [4.78, 5) is 10.4. The van der Waals surface area contributed by atoms with E-state index in [4.69, 9.17) is 0 Å². The van der Waals surface area contributed by atoms with Crippen molar-refractivity contribution in [1.29, 1.82) is 0 Å². The molecule has 0 aliphatic heterocycles. The average Bonchev–Trinajstić information content (AvgIpc) is 2.10. The van der Waals surface area contributed by atoms with E-state index in [1.165, 1.54) is 6.92 Å². The topological polar surface area (TPSA) is 17.1 Å². The van der Waals surface area contributed by atoms with Gasteiger partial charge < -0.3 is 0 Å². The molecular weight excluding hydrogens is 270 g/mol. The summed E-state index contributed by atoms with van der Waals surface area (Å²) in [5.41, 5.74) is 0. The largest absolute Gasteiger partial charge is 0.313 e. The maximum atomic E-state index is 12.9. The van der Waals surface area contributed by atoms with Gasteiger partial charge in [0.1, 0.15) is 0 Å². The standard InChI is InChI=1S/C9H12F6OS/c1-6(16)17-4-2-3-8(12,13)5-9(14,15)7(10)11/h7H,2-5H2,1H3. The molecule has 0 saturated carbocycles. The second-order valence-electron chi connectivity index (χ2n) is 3.54. The molecule has 0 atom stereocenters. The van der Waals surface area contributed by atoms with Crippen molar-refractivity contribution in [2.45, 2.75) is 44.5 Å². The number of hydrogen-bond acceptors (Lipinski definition) is 2. The Labute approximate surface area is 98.9 Å². The monoisotopic (exact) mass is 282 g/mol. The molecule has 0 fully saturated rings. The fourth-order valence-electron chi connectivity index (χ4n) is 1.06. The molecule has 0 N–H and O–H groups in total. The predicted molar refractivity (Wildman–Crippen MR) is 52.9 cm³/mol. The normalized spacial score (nSPS) is 13.2. The number of rotatable bonds is 7. The lowest BCUT2D eigenvalue weighted by Gasteiger charge is -2.22. The molecule has 8 heteroatoms. The van der Waals surface area contributed by atoms with Crippen molar-refractivity contribution < 1.29 is 31.1 Å². The van der Waals surface area contributed by atoms with Crippen LogP contribution in [0.25, 0.3) is 0 Å². The zero-order chi connectivity index (χ0) is 13.7. The van der Waals surface area contributed by atoms with Crippen LogP contribution in [0.3, 0.4) is 0 Å². The number of carbonyl (C=O) groups is 1. The van der Waals surface area contributed by atoms with Gasteiger partial charge in [-0.05, 0) is 6.42 Å². The third-order valence-corrected chi connectivity index (χ3v) is 2.71. The Morgan fingerprint density at radius 1 is 1.24 bits per heavy atom. The zero-order valence-electron chi connectivity index (χ0n) is 8.99. The third-order valence-electron chi connectivity index (χ3n) is 1.81. The van der Waals surface area contributed by atoms with Gasteiger partial charge in [0.2, 0.25) is 0 Å². The first kappa shape index (κ1) is 16.6. The molecule has 0 aliphatic carbocycles. The first-order valence-corrected chi connectivity index (χ1v) is 5.72. The van der Waals surface area contributed by atoms with Crippen molar-refractivity contribution >= 4 is 16.9 Å². The van der Waals surface area contributed by atoms with Gasteiger partial charge in [-0.1, -0.05) is 11.8 Å². The highest BCUT2D eigenvalue weighted by Crippen LogP contribution is 2.37. The molecule has 102 valence electrons. The summed E-state index contributed by atoms with van der Waals surface area (Å²) >= 11 is 0.788. The molecule has 0 radical (unpaired) electrons. The molecule has 0 aliphatic rings. The highest BCUT2D eigenvalue weighted by Gasteiger charge is 2.49. The summed E-state index contributed by atoms with van der Waals surface area (Å²) in [6, 6.07) is 0. The number of thioether (sulfide) groups is 1. The first-order valence-electron chi connectivity index (χ1n) is 4.74. The van der Waals surface area contributed by atoms with Crippen LogP contribution in [0, 0.1) is 0 Å². The Bertz CT molecular complexity index is 256. The molecule has 0 bridgehead atoms. The van der Waals surface area contributed by atoms with E-state index in [1.807, 2.05) is 0 Å². The van der Waals surface area contributed by atoms with E-state index < -0.39 is 31.1 Å². The first-order chi connectivity index (χ1) is 7.57. The lowest BCUT2D eigenvalue weighted by molar-refractivity contribution is -0.180. The van der Waals surface area contributed by atoms with E-state index in [-0.39, 0.29) is 17.3 Å². The van der Waals surface area contributed by atoms with Crippen molar-refractivity contribution in [3.05, 3.63) is 0 Å². The maximum Gasteiger partial charge on any atom is 0.313 e. The van der Waals surface area contributed by atoms with Crippen LogP contribution in [0.5, 0.6) is 0 Å². The Morgan fingerprint density at radius 3 is 2.18 bits per heavy atom. The molecule has 0 spiro atoms. The fourth-order valence-corrected chi connectivity index (χ4v) is 1.63. The van der Waals surface area contributed by atoms with Gasteiger partial charge in [-0.25, -0.2) is 26.3 Å². The lowest BCUT2D eigenvalue weighted by atomic mass is 10.1. The van der Waals surface area contributed by atoms with E-state index in [0.717, 1.165) is 11.8 Å². The number of hydrogen-bond donors (Lipinski definition) is 0. The summed E-state index contributed by atoms with van der Waals surface area (Å²) < 4.78 is 74.0. The highest BCUT2D eigenvalue weighted by atomic mass is 32.2. The van der Waals surface area contributed by atoms with Gasteiger partial charge in [0.15, 0.2) is 5.12 Å². The second kappa shape index (κ2) is 6.51. The quantitative estimate of drug-likeness (QED) is 0.519. The second-order valence-corrected chi connectivity index (χ2v) is 4.81. The summed E-state index contributed by atoms with van der Waals surface area (Å²) in [6.45, 7) is 1.24. The minimum atomic E-state index is -4.68. The molecule has 0 aromatic rings. The van der Waals surface area contributed by atoms with E-state index in [2.05, 4.69) is 0 Å². The average molecular weight is 282 g/mol. The van der Waals surface area contributed by atoms with Crippen LogP contribution in [0.1, 0.15) is 26.2 Å². The number of carbonyl (C=O) groups excluding carboxylic acids is 1. The van der Waals surface area contributed by atoms with E-state index in [9.17, 15) is 31.1 Å². The van der Waals surface area contributed by atoms with E-state index >= 15 is 0 Å². The van der Waals surface area contributed by atoms with Crippen molar-refractivity contribution in [3.63, 3.8) is 0 Å². The summed E-state index contributed by atoms with van der Waals surface area (Å²) in [6.07, 6.45) is -7.38. The van der Waals surface area contributed by atoms with Gasteiger partial charge in [-0.3, -0.25) is 4.79 Å². The maximum absolute atomic E-state index is 12.9. The van der Waals surface area contributed by atoms with Crippen LogP contribution >= 0.6 is 11.8 Å². The molecule has 17 heavy (non-hydrogen) atoms.